The van der Waals surface area contributed by atoms with E-state index in [-0.39, 0.29) is 12.0 Å². The van der Waals surface area contributed by atoms with Crippen LogP contribution in [-0.4, -0.2) is 53.0 Å². The zero-order valence-electron chi connectivity index (χ0n) is 17.2. The van der Waals surface area contributed by atoms with Gasteiger partial charge >= 0.3 is 0 Å². The van der Waals surface area contributed by atoms with Crippen LogP contribution in [0.2, 0.25) is 0 Å². The number of aliphatic imine (C=N–C) groups is 1. The van der Waals surface area contributed by atoms with Gasteiger partial charge in [0.05, 0.1) is 12.2 Å². The minimum atomic E-state index is 0.159. The van der Waals surface area contributed by atoms with Crippen LogP contribution in [-0.2, 0) is 0 Å². The van der Waals surface area contributed by atoms with Crippen molar-refractivity contribution in [1.29, 1.82) is 0 Å². The number of rotatable bonds is 3. The van der Waals surface area contributed by atoms with E-state index in [1.165, 1.54) is 11.3 Å². The third kappa shape index (κ3) is 3.29. The lowest BCUT2D eigenvalue weighted by Crippen LogP contribution is -2.43. The van der Waals surface area contributed by atoms with E-state index in [1.807, 2.05) is 23.1 Å². The minimum absolute atomic E-state index is 0.159. The molecule has 154 valence electrons. The Kier molecular flexibility index (Phi) is 4.50. The number of dihydropyridines is 1. The monoisotopic (exact) mass is 408 g/mol. The first kappa shape index (κ1) is 18.3. The maximum absolute atomic E-state index is 4.82. The predicted octanol–water partition coefficient (Wildman–Crippen LogP) is 3.38. The van der Waals surface area contributed by atoms with Gasteiger partial charge in [0.1, 0.15) is 0 Å². The molecule has 2 unspecified atom stereocenters. The van der Waals surface area contributed by atoms with E-state index in [9.17, 15) is 0 Å². The Morgan fingerprint density at radius 2 is 1.90 bits per heavy atom. The number of allylic oxidation sites excluding steroid dienone is 3. The quantitative estimate of drug-likeness (QED) is 0.722. The Balaban J connectivity index is 1.34. The lowest BCUT2D eigenvalue weighted by atomic mass is 9.83. The summed E-state index contributed by atoms with van der Waals surface area (Å²) in [6.45, 7) is 4.13. The van der Waals surface area contributed by atoms with E-state index in [0.29, 0.717) is 0 Å². The van der Waals surface area contributed by atoms with Gasteiger partial charge in [-0.3, -0.25) is 4.99 Å². The van der Waals surface area contributed by atoms with Crippen LogP contribution in [0.15, 0.2) is 78.2 Å². The van der Waals surface area contributed by atoms with Crippen molar-refractivity contribution in [3.63, 3.8) is 0 Å². The number of benzene rings is 1. The number of hydrogen-bond acceptors (Lipinski definition) is 5. The molecular formula is C25H24N6. The molecule has 4 heterocycles. The first-order valence-corrected chi connectivity index (χ1v) is 10.8. The summed E-state index contributed by atoms with van der Waals surface area (Å²) >= 11 is 0. The fourth-order valence-electron chi connectivity index (χ4n) is 4.66. The number of anilines is 1. The van der Waals surface area contributed by atoms with Crippen LogP contribution in [0.1, 0.15) is 5.56 Å². The van der Waals surface area contributed by atoms with Crippen LogP contribution in [0.25, 0.3) is 22.3 Å². The molecule has 2 aromatic heterocycles. The van der Waals surface area contributed by atoms with Crippen LogP contribution in [0.3, 0.4) is 0 Å². The van der Waals surface area contributed by atoms with Crippen LogP contribution in [0.5, 0.6) is 0 Å². The largest absolute Gasteiger partial charge is 0.369 e. The molecule has 3 aromatic rings. The molecular weight excluding hydrogens is 384 g/mol. The molecule has 2 atom stereocenters. The molecule has 3 aliphatic rings. The van der Waals surface area contributed by atoms with Crippen molar-refractivity contribution in [3.05, 3.63) is 78.8 Å². The average molecular weight is 409 g/mol. The SMILES string of the molecule is C1=CC2N=CC=C(c3cnn4cc(-c5cccc(N6CCNCC6)c5)cnc34)C2C=C1. The Hall–Kier alpha value is -3.51. The number of piperazine rings is 1. The van der Waals surface area contributed by atoms with E-state index in [0.717, 1.165) is 48.5 Å². The molecule has 1 fully saturated rings. The molecule has 0 radical (unpaired) electrons. The number of aromatic nitrogens is 3. The van der Waals surface area contributed by atoms with Crippen molar-refractivity contribution < 1.29 is 0 Å². The van der Waals surface area contributed by atoms with Crippen molar-refractivity contribution >= 4 is 23.1 Å². The summed E-state index contributed by atoms with van der Waals surface area (Å²) < 4.78 is 1.89. The molecule has 6 heteroatoms. The van der Waals surface area contributed by atoms with E-state index >= 15 is 0 Å². The van der Waals surface area contributed by atoms with E-state index < -0.39 is 0 Å². The summed E-state index contributed by atoms with van der Waals surface area (Å²) in [5.74, 6) is 0.236. The molecule has 1 aromatic carbocycles. The summed E-state index contributed by atoms with van der Waals surface area (Å²) in [5, 5.41) is 8.05. The van der Waals surface area contributed by atoms with Crippen molar-refractivity contribution in [2.45, 2.75) is 6.04 Å². The highest BCUT2D eigenvalue weighted by Crippen LogP contribution is 2.35. The normalized spacial score (nSPS) is 22.6. The van der Waals surface area contributed by atoms with Crippen LogP contribution < -0.4 is 10.2 Å². The van der Waals surface area contributed by atoms with Crippen molar-refractivity contribution in [2.24, 2.45) is 10.9 Å². The third-order valence-corrected chi connectivity index (χ3v) is 6.31. The Morgan fingerprint density at radius 1 is 1.00 bits per heavy atom. The zero-order chi connectivity index (χ0) is 20.6. The maximum atomic E-state index is 4.82. The highest BCUT2D eigenvalue weighted by atomic mass is 15.2. The molecule has 6 rings (SSSR count). The molecule has 1 N–H and O–H groups in total. The van der Waals surface area contributed by atoms with E-state index in [2.05, 4.69) is 81.2 Å². The molecule has 6 nitrogen and oxygen atoms in total. The number of nitrogens with zero attached hydrogens (tertiary/aromatic N) is 5. The van der Waals surface area contributed by atoms with Gasteiger partial charge in [-0.25, -0.2) is 9.50 Å². The molecule has 1 aliphatic carbocycles. The van der Waals surface area contributed by atoms with E-state index in [4.69, 9.17) is 4.98 Å². The molecule has 31 heavy (non-hydrogen) atoms. The molecule has 0 spiro atoms. The maximum Gasteiger partial charge on any atom is 0.162 e. The average Bonchev–Trinajstić information content (AvgIpc) is 3.27. The highest BCUT2D eigenvalue weighted by molar-refractivity contribution is 5.91. The van der Waals surface area contributed by atoms with Crippen molar-refractivity contribution in [1.82, 2.24) is 19.9 Å². The fourth-order valence-corrected chi connectivity index (χ4v) is 4.66. The smallest absolute Gasteiger partial charge is 0.162 e. The topological polar surface area (TPSA) is 57.8 Å². The fraction of sp³-hybridized carbons (Fsp3) is 0.240. The van der Waals surface area contributed by atoms with Gasteiger partial charge in [-0.05, 0) is 29.3 Å². The van der Waals surface area contributed by atoms with Gasteiger partial charge in [0.25, 0.3) is 0 Å². The number of hydrogen-bond donors (Lipinski definition) is 1. The summed E-state index contributed by atoms with van der Waals surface area (Å²) in [6, 6.07) is 8.87. The van der Waals surface area contributed by atoms with Gasteiger partial charge in [-0.1, -0.05) is 36.4 Å². The van der Waals surface area contributed by atoms with Crippen LogP contribution in [0, 0.1) is 5.92 Å². The van der Waals surface area contributed by atoms with Crippen molar-refractivity contribution in [2.75, 3.05) is 31.1 Å². The third-order valence-electron chi connectivity index (χ3n) is 6.31. The lowest BCUT2D eigenvalue weighted by Gasteiger charge is -2.29. The molecule has 0 amide bonds. The van der Waals surface area contributed by atoms with Gasteiger partial charge in [0.15, 0.2) is 5.65 Å². The Morgan fingerprint density at radius 3 is 2.84 bits per heavy atom. The summed E-state index contributed by atoms with van der Waals surface area (Å²) in [7, 11) is 0. The number of fused-ring (bicyclic) bond motifs is 2. The second-order valence-corrected chi connectivity index (χ2v) is 8.16. The van der Waals surface area contributed by atoms with Crippen LogP contribution in [0.4, 0.5) is 5.69 Å². The molecule has 2 aliphatic heterocycles. The van der Waals surface area contributed by atoms with Gasteiger partial charge in [-0.2, -0.15) is 5.10 Å². The first-order valence-electron chi connectivity index (χ1n) is 10.8. The number of nitrogens with one attached hydrogen (secondary N) is 1. The molecule has 1 saturated heterocycles. The molecule has 0 bridgehead atoms. The summed E-state index contributed by atoms with van der Waals surface area (Å²) in [4.78, 5) is 11.8. The standard InChI is InChI=1S/C25H24N6/c1-2-7-24-22(6-1)21(8-9-27-24)23-16-29-31-17-19(15-28-25(23)31)18-4-3-5-20(14-18)30-12-10-26-11-13-30/h1-9,14-17,22,24,26H,10-13H2. The summed E-state index contributed by atoms with van der Waals surface area (Å²) in [6.07, 6.45) is 18.5. The van der Waals surface area contributed by atoms with Gasteiger partial charge < -0.3 is 10.2 Å². The van der Waals surface area contributed by atoms with Crippen molar-refractivity contribution in [3.8, 4) is 11.1 Å². The zero-order valence-corrected chi connectivity index (χ0v) is 17.2. The molecule has 0 saturated carbocycles. The van der Waals surface area contributed by atoms with Gasteiger partial charge in [0, 0.05) is 67.5 Å². The predicted molar refractivity (Wildman–Crippen MR) is 126 cm³/mol. The minimum Gasteiger partial charge on any atom is -0.369 e. The highest BCUT2D eigenvalue weighted by Gasteiger charge is 2.27. The second-order valence-electron chi connectivity index (χ2n) is 8.16. The Bertz CT molecular complexity index is 1240. The van der Waals surface area contributed by atoms with Gasteiger partial charge in [-0.15, -0.1) is 0 Å². The van der Waals surface area contributed by atoms with Gasteiger partial charge in [0.2, 0.25) is 0 Å². The van der Waals surface area contributed by atoms with E-state index in [1.54, 1.807) is 0 Å². The second kappa shape index (κ2) is 7.63. The lowest BCUT2D eigenvalue weighted by molar-refractivity contribution is 0.589. The summed E-state index contributed by atoms with van der Waals surface area (Å²) in [5.41, 5.74) is 6.66. The van der Waals surface area contributed by atoms with Crippen LogP contribution >= 0.6 is 0 Å². The Labute approximate surface area is 181 Å². The first-order chi connectivity index (χ1) is 15.4.